The summed E-state index contributed by atoms with van der Waals surface area (Å²) in [4.78, 5) is 18.5. The molecule has 3 saturated carbocycles. The Balaban J connectivity index is 1.46. The molecule has 0 spiro atoms. The molecule has 4 rings (SSSR count). The Morgan fingerprint density at radius 2 is 1.81 bits per heavy atom. The highest BCUT2D eigenvalue weighted by atomic mass is 31.2. The summed E-state index contributed by atoms with van der Waals surface area (Å²) in [5.41, 5.74) is 2.12. The summed E-state index contributed by atoms with van der Waals surface area (Å²) >= 11 is 0. The number of fused-ring (bicyclic) bond motifs is 5. The minimum Gasteiger partial charge on any atom is -0.303 e. The number of hydrogen-bond acceptors (Lipinski definition) is 2. The van der Waals surface area contributed by atoms with Crippen molar-refractivity contribution in [3.63, 3.8) is 0 Å². The Labute approximate surface area is 196 Å². The molecule has 4 aliphatic carbocycles. The maximum absolute atomic E-state index is 11.4. The van der Waals surface area contributed by atoms with Crippen LogP contribution in [0.5, 0.6) is 0 Å². The highest BCUT2D eigenvalue weighted by molar-refractivity contribution is 7.46. The summed E-state index contributed by atoms with van der Waals surface area (Å²) in [6.07, 6.45) is 15.4. The van der Waals surface area contributed by atoms with Gasteiger partial charge in [-0.15, -0.1) is 0 Å². The normalized spacial score (nSPS) is 42.8. The van der Waals surface area contributed by atoms with Gasteiger partial charge in [-0.25, -0.2) is 4.57 Å². The number of allylic oxidation sites excluding steroid dienone is 1. The van der Waals surface area contributed by atoms with Gasteiger partial charge in [0.25, 0.3) is 0 Å². The summed E-state index contributed by atoms with van der Waals surface area (Å²) in [5.74, 6) is 4.89. The van der Waals surface area contributed by atoms with Crippen molar-refractivity contribution in [2.45, 2.75) is 111 Å². The summed E-state index contributed by atoms with van der Waals surface area (Å²) in [6.45, 7) is 12.3. The topological polar surface area (TPSA) is 66.8 Å². The first-order valence-corrected chi connectivity index (χ1v) is 14.9. The SMILES string of the molecule is CC(C)CCC[C@@H](C)C1CCC2[C@@H]3CC=C4C[C@@H](OP(=O)(O)O)CC[C@]4(C)C3CC[C@@]21C. The molecule has 5 heteroatoms. The molecule has 3 fully saturated rings. The first-order valence-electron chi connectivity index (χ1n) is 13.4. The van der Waals surface area contributed by atoms with Gasteiger partial charge < -0.3 is 9.79 Å². The van der Waals surface area contributed by atoms with E-state index in [1.54, 1.807) is 0 Å². The molecule has 0 radical (unpaired) electrons. The van der Waals surface area contributed by atoms with Crippen molar-refractivity contribution >= 4 is 7.82 Å². The van der Waals surface area contributed by atoms with E-state index in [0.29, 0.717) is 11.8 Å². The summed E-state index contributed by atoms with van der Waals surface area (Å²) in [5, 5.41) is 0. The third kappa shape index (κ3) is 4.68. The summed E-state index contributed by atoms with van der Waals surface area (Å²) in [7, 11) is -4.41. The van der Waals surface area contributed by atoms with E-state index in [2.05, 4.69) is 40.7 Å². The summed E-state index contributed by atoms with van der Waals surface area (Å²) < 4.78 is 16.5. The van der Waals surface area contributed by atoms with Crippen LogP contribution in [0.1, 0.15) is 105 Å². The zero-order chi connectivity index (χ0) is 23.3. The zero-order valence-electron chi connectivity index (χ0n) is 21.1. The number of phosphoric ester groups is 1. The monoisotopic (exact) mass is 466 g/mol. The number of hydrogen-bond donors (Lipinski definition) is 2. The van der Waals surface area contributed by atoms with Crippen LogP contribution in [0.15, 0.2) is 11.6 Å². The van der Waals surface area contributed by atoms with Gasteiger partial charge in [-0.3, -0.25) is 4.52 Å². The van der Waals surface area contributed by atoms with E-state index < -0.39 is 7.82 Å². The first-order chi connectivity index (χ1) is 14.9. The third-order valence-corrected chi connectivity index (χ3v) is 11.1. The molecule has 0 saturated heterocycles. The second-order valence-corrected chi connectivity index (χ2v) is 13.9. The lowest BCUT2D eigenvalue weighted by Gasteiger charge is -2.58. The fourth-order valence-corrected chi connectivity index (χ4v) is 9.50. The average molecular weight is 467 g/mol. The second-order valence-electron chi connectivity index (χ2n) is 12.8. The zero-order valence-corrected chi connectivity index (χ0v) is 21.9. The van der Waals surface area contributed by atoms with Gasteiger partial charge in [0.1, 0.15) is 0 Å². The van der Waals surface area contributed by atoms with Crippen molar-refractivity contribution in [1.29, 1.82) is 0 Å². The molecular weight excluding hydrogens is 419 g/mol. The minimum absolute atomic E-state index is 0.194. The van der Waals surface area contributed by atoms with Gasteiger partial charge in [-0.1, -0.05) is 65.5 Å². The predicted molar refractivity (Wildman–Crippen MR) is 130 cm³/mol. The smallest absolute Gasteiger partial charge is 0.303 e. The molecule has 0 aromatic rings. The van der Waals surface area contributed by atoms with Crippen molar-refractivity contribution < 1.29 is 18.9 Å². The molecule has 184 valence electrons. The highest BCUT2D eigenvalue weighted by Crippen LogP contribution is 2.67. The van der Waals surface area contributed by atoms with Crippen LogP contribution in [0.25, 0.3) is 0 Å². The Kier molecular flexibility index (Phi) is 7.13. The minimum atomic E-state index is -4.41. The largest absolute Gasteiger partial charge is 0.469 e. The van der Waals surface area contributed by atoms with Crippen molar-refractivity contribution in [1.82, 2.24) is 0 Å². The van der Waals surface area contributed by atoms with Crippen LogP contribution in [-0.4, -0.2) is 15.9 Å². The van der Waals surface area contributed by atoms with Crippen LogP contribution in [0.2, 0.25) is 0 Å². The van der Waals surface area contributed by atoms with Crippen molar-refractivity contribution in [3.05, 3.63) is 11.6 Å². The second kappa shape index (κ2) is 9.14. The van der Waals surface area contributed by atoms with Crippen LogP contribution < -0.4 is 0 Å². The molecule has 3 unspecified atom stereocenters. The van der Waals surface area contributed by atoms with E-state index >= 15 is 0 Å². The molecular formula is C27H47O4P. The van der Waals surface area contributed by atoms with Crippen molar-refractivity contribution in [2.75, 3.05) is 0 Å². The van der Waals surface area contributed by atoms with Gasteiger partial charge in [0.2, 0.25) is 0 Å². The molecule has 0 heterocycles. The fraction of sp³-hybridized carbons (Fsp3) is 0.926. The summed E-state index contributed by atoms with van der Waals surface area (Å²) in [6, 6.07) is 0. The van der Waals surface area contributed by atoms with E-state index in [1.807, 2.05) is 0 Å². The lowest BCUT2D eigenvalue weighted by Crippen LogP contribution is -2.50. The van der Waals surface area contributed by atoms with Crippen LogP contribution in [0.3, 0.4) is 0 Å². The van der Waals surface area contributed by atoms with Gasteiger partial charge in [-0.2, -0.15) is 0 Å². The van der Waals surface area contributed by atoms with Gasteiger partial charge in [0, 0.05) is 0 Å². The Morgan fingerprint density at radius 1 is 1.06 bits per heavy atom. The van der Waals surface area contributed by atoms with Crippen LogP contribution in [0.4, 0.5) is 0 Å². The van der Waals surface area contributed by atoms with Crippen molar-refractivity contribution in [2.24, 2.45) is 46.3 Å². The van der Waals surface area contributed by atoms with E-state index in [0.717, 1.165) is 54.8 Å². The number of rotatable bonds is 7. The van der Waals surface area contributed by atoms with E-state index in [9.17, 15) is 14.4 Å². The molecule has 0 aromatic heterocycles. The molecule has 32 heavy (non-hydrogen) atoms. The van der Waals surface area contributed by atoms with Crippen LogP contribution in [-0.2, 0) is 9.09 Å². The van der Waals surface area contributed by atoms with E-state index in [-0.39, 0.29) is 11.5 Å². The lowest BCUT2D eigenvalue weighted by molar-refractivity contribution is -0.0570. The Morgan fingerprint density at radius 3 is 2.50 bits per heavy atom. The standard InChI is InChI=1S/C27H47O4P/c1-18(2)7-6-8-19(3)23-11-12-24-22-10-9-20-17-21(31-32(28,29)30)13-15-26(20,4)25(22)14-16-27(23,24)5/h9,18-19,21-25H,6-8,10-17H2,1-5H3,(H2,28,29,30)/t19-,21+,22+,23?,24?,25?,26+,27-/m1/s1. The Bertz CT molecular complexity index is 757. The third-order valence-electron chi connectivity index (χ3n) is 10.5. The van der Waals surface area contributed by atoms with Crippen LogP contribution in [0, 0.1) is 46.3 Å². The molecule has 0 aliphatic heterocycles. The van der Waals surface area contributed by atoms with Crippen LogP contribution >= 0.6 is 7.82 Å². The predicted octanol–water partition coefficient (Wildman–Crippen LogP) is 7.51. The quantitative estimate of drug-likeness (QED) is 0.301. The van der Waals surface area contributed by atoms with Gasteiger partial charge in [0.05, 0.1) is 6.10 Å². The Hall–Kier alpha value is -0.150. The average Bonchev–Trinajstić information content (AvgIpc) is 3.04. The molecule has 4 nitrogen and oxygen atoms in total. The van der Waals surface area contributed by atoms with Gasteiger partial charge in [-0.05, 0) is 97.7 Å². The number of phosphoric acid groups is 1. The molecule has 4 aliphatic rings. The molecule has 2 N–H and O–H groups in total. The molecule has 0 aromatic carbocycles. The van der Waals surface area contributed by atoms with Crippen molar-refractivity contribution in [3.8, 4) is 0 Å². The van der Waals surface area contributed by atoms with Gasteiger partial charge >= 0.3 is 7.82 Å². The van der Waals surface area contributed by atoms with E-state index in [1.165, 1.54) is 50.5 Å². The highest BCUT2D eigenvalue weighted by Gasteiger charge is 2.59. The molecule has 0 bridgehead atoms. The maximum atomic E-state index is 11.4. The lowest BCUT2D eigenvalue weighted by atomic mass is 9.47. The molecule has 8 atom stereocenters. The van der Waals surface area contributed by atoms with E-state index in [4.69, 9.17) is 4.52 Å². The first kappa shape index (κ1) is 25.0. The fourth-order valence-electron chi connectivity index (χ4n) is 8.94. The maximum Gasteiger partial charge on any atom is 0.469 e. The molecule has 0 amide bonds. The van der Waals surface area contributed by atoms with Gasteiger partial charge in [0.15, 0.2) is 0 Å².